The maximum atomic E-state index is 15.6. The van der Waals surface area contributed by atoms with Crippen molar-refractivity contribution >= 4 is 64.3 Å². The summed E-state index contributed by atoms with van der Waals surface area (Å²) in [5.74, 6) is -1.90. The molecule has 13 nitrogen and oxygen atoms in total. The number of hydrogen-bond donors (Lipinski definition) is 2. The van der Waals surface area contributed by atoms with E-state index in [1.165, 1.54) is 24.3 Å². The lowest BCUT2D eigenvalue weighted by atomic mass is 9.99. The van der Waals surface area contributed by atoms with Gasteiger partial charge in [0.1, 0.15) is 18.5 Å². The van der Waals surface area contributed by atoms with E-state index in [-0.39, 0.29) is 24.6 Å². The minimum Gasteiger partial charge on any atom is -0.463 e. The molecule has 274 valence electrons. The Balaban J connectivity index is 1.48. The third-order valence-electron chi connectivity index (χ3n) is 7.34. The average Bonchev–Trinajstić information content (AvgIpc) is 3.06. The Morgan fingerprint density at radius 1 is 0.840 bits per heavy atom. The molecule has 0 saturated carbocycles. The lowest BCUT2D eigenvalue weighted by molar-refractivity contribution is -0.271. The number of amides is 2. The van der Waals surface area contributed by atoms with Gasteiger partial charge in [0.2, 0.25) is 24.3 Å². The number of halogens is 3. The first-order valence-electron chi connectivity index (χ1n) is 16.0. The fraction of sp³-hybridized carbons (Fsp3) is 0.500. The highest BCUT2D eigenvalue weighted by Crippen LogP contribution is 2.31. The van der Waals surface area contributed by atoms with Gasteiger partial charge < -0.3 is 39.2 Å². The van der Waals surface area contributed by atoms with Crippen LogP contribution in [0.5, 0.6) is 5.75 Å². The van der Waals surface area contributed by atoms with Crippen molar-refractivity contribution in [3.8, 4) is 5.75 Å². The van der Waals surface area contributed by atoms with Crippen molar-refractivity contribution < 1.29 is 52.0 Å². The van der Waals surface area contributed by atoms with Crippen molar-refractivity contribution in [1.82, 2.24) is 5.32 Å². The molecule has 3 rings (SSSR count). The first kappa shape index (κ1) is 40.3. The lowest BCUT2D eigenvalue weighted by Crippen LogP contribution is -2.61. The van der Waals surface area contributed by atoms with Gasteiger partial charge in [0.05, 0.1) is 6.54 Å². The van der Waals surface area contributed by atoms with E-state index in [0.29, 0.717) is 43.4 Å². The van der Waals surface area contributed by atoms with Crippen molar-refractivity contribution in [1.29, 1.82) is 0 Å². The Hall–Kier alpha value is -4.14. The molecule has 1 fully saturated rings. The molecule has 16 heteroatoms. The summed E-state index contributed by atoms with van der Waals surface area (Å²) in [6.45, 7) is 4.02. The largest absolute Gasteiger partial charge is 0.463 e. The normalized spacial score (nSPS) is 19.8. The summed E-state index contributed by atoms with van der Waals surface area (Å²) >= 11 is 11.8. The highest BCUT2D eigenvalue weighted by Gasteiger charge is 2.52. The van der Waals surface area contributed by atoms with Crippen LogP contribution >= 0.6 is 23.2 Å². The molecule has 0 unspecified atom stereocenters. The number of ether oxygens (including phenoxy) is 5. The zero-order valence-electron chi connectivity index (χ0n) is 28.0. The number of carbonyl (C=O) groups excluding carboxylic acids is 5. The molecule has 0 spiro atoms. The quantitative estimate of drug-likeness (QED) is 0.130. The molecular weight excluding hydrogens is 700 g/mol. The minimum atomic E-state index is -2.10. The minimum absolute atomic E-state index is 0.125. The van der Waals surface area contributed by atoms with Crippen LogP contribution in [0.25, 0.3) is 0 Å². The summed E-state index contributed by atoms with van der Waals surface area (Å²) in [6.07, 6.45) is -6.46. The lowest BCUT2D eigenvalue weighted by Gasteiger charge is -2.41. The van der Waals surface area contributed by atoms with Gasteiger partial charge in [-0.2, -0.15) is 0 Å². The Morgan fingerprint density at radius 2 is 1.46 bits per heavy atom. The molecule has 1 aliphatic rings. The third-order valence-corrected chi connectivity index (χ3v) is 7.68. The van der Waals surface area contributed by atoms with Gasteiger partial charge in [0.25, 0.3) is 0 Å². The van der Waals surface area contributed by atoms with E-state index in [0.717, 1.165) is 32.0 Å². The van der Waals surface area contributed by atoms with E-state index in [2.05, 4.69) is 15.5 Å². The van der Waals surface area contributed by atoms with E-state index in [1.54, 1.807) is 0 Å². The van der Waals surface area contributed by atoms with E-state index in [9.17, 15) is 24.0 Å². The molecule has 5 atom stereocenters. The molecular formula is C34H42Cl2FN3O10. The topological polar surface area (TPSA) is 159 Å². The zero-order valence-corrected chi connectivity index (χ0v) is 29.5. The number of nitrogens with zero attached hydrogens (tertiary/aromatic N) is 1. The number of aryl methyl sites for hydroxylation is 1. The van der Waals surface area contributed by atoms with Gasteiger partial charge in [-0.3, -0.25) is 24.0 Å². The van der Waals surface area contributed by atoms with E-state index in [4.69, 9.17) is 46.9 Å². The smallest absolute Gasteiger partial charge is 0.303 e. The van der Waals surface area contributed by atoms with Gasteiger partial charge in [-0.1, -0.05) is 12.1 Å². The first-order chi connectivity index (χ1) is 23.9. The molecule has 0 aliphatic carbocycles. The Kier molecular flexibility index (Phi) is 16.5. The predicted octanol–water partition coefficient (Wildman–Crippen LogP) is 3.92. The Morgan fingerprint density at radius 3 is 2.04 bits per heavy atom. The maximum absolute atomic E-state index is 15.6. The predicted molar refractivity (Wildman–Crippen MR) is 183 cm³/mol. The number of alkyl halides is 3. The number of carbonyl (C=O) groups is 5. The second kappa shape index (κ2) is 20.5. The number of nitrogens with one attached hydrogen (secondary N) is 2. The van der Waals surface area contributed by atoms with Crippen LogP contribution in [0.4, 0.5) is 15.8 Å². The maximum Gasteiger partial charge on any atom is 0.303 e. The van der Waals surface area contributed by atoms with Crippen LogP contribution in [0.1, 0.15) is 39.2 Å². The molecule has 0 radical (unpaired) electrons. The van der Waals surface area contributed by atoms with Crippen LogP contribution in [0, 0.1) is 0 Å². The van der Waals surface area contributed by atoms with Crippen molar-refractivity contribution in [2.75, 3.05) is 48.2 Å². The van der Waals surface area contributed by atoms with Gasteiger partial charge in [0.15, 0.2) is 12.2 Å². The van der Waals surface area contributed by atoms with Crippen molar-refractivity contribution in [3.63, 3.8) is 0 Å². The molecule has 1 aliphatic heterocycles. The summed E-state index contributed by atoms with van der Waals surface area (Å²) in [5.41, 5.74) is 2.49. The number of hydrogen-bond acceptors (Lipinski definition) is 11. The summed E-state index contributed by atoms with van der Waals surface area (Å²) in [5, 5.41) is 5.25. The number of anilines is 2. The van der Waals surface area contributed by atoms with Gasteiger partial charge >= 0.3 is 17.9 Å². The Labute approximate surface area is 300 Å². The fourth-order valence-electron chi connectivity index (χ4n) is 5.08. The third kappa shape index (κ3) is 13.3. The van der Waals surface area contributed by atoms with E-state index < -0.39 is 61.2 Å². The molecule has 1 saturated heterocycles. The van der Waals surface area contributed by atoms with Crippen LogP contribution in [0.2, 0.25) is 0 Å². The average molecular weight is 743 g/mol. The number of rotatable bonds is 18. The molecule has 0 bridgehead atoms. The number of benzene rings is 2. The van der Waals surface area contributed by atoms with Crippen molar-refractivity contribution in [3.05, 3.63) is 54.1 Å². The summed E-state index contributed by atoms with van der Waals surface area (Å²) in [7, 11) is 0. The molecule has 50 heavy (non-hydrogen) atoms. The van der Waals surface area contributed by atoms with E-state index >= 15 is 4.39 Å². The molecule has 0 aromatic heterocycles. The zero-order chi connectivity index (χ0) is 36.6. The number of esters is 3. The van der Waals surface area contributed by atoms with Crippen LogP contribution < -0.4 is 20.3 Å². The summed E-state index contributed by atoms with van der Waals surface area (Å²) in [4.78, 5) is 61.7. The van der Waals surface area contributed by atoms with Gasteiger partial charge in [-0.05, 0) is 54.8 Å². The fourth-order valence-corrected chi connectivity index (χ4v) is 5.49. The summed E-state index contributed by atoms with van der Waals surface area (Å²) < 4.78 is 42.1. The first-order valence-corrected chi connectivity index (χ1v) is 17.0. The summed E-state index contributed by atoms with van der Waals surface area (Å²) in [6, 6.07) is 13.9. The van der Waals surface area contributed by atoms with Gasteiger partial charge in [-0.25, -0.2) is 4.39 Å². The molecule has 2 aromatic rings. The standard InChI is InChI=1S/C34H42Cl2FN3O10/c1-21(41)46-20-28-32(47-22(2)42)33(48-23(3)43)31(37)34(50-28)49-27-13-9-25(10-14-27)39-30(45)19-38-29(44)6-4-5-24-7-11-26(12-8-24)40(17-15-35)18-16-36/h7-14,28,31-34H,4-6,15-20H2,1-3H3,(H,38,44)(H,39,45)/t28-,31+,32-,33-,34-/m1/s1. The molecule has 2 N–H and O–H groups in total. The SMILES string of the molecule is CC(=O)OC[C@H]1O[C@@H](Oc2ccc(NC(=O)CNC(=O)CCCc3ccc(N(CCCl)CCCl)cc3)cc2)[C@@H](F)[C@@H](OC(C)=O)[C@@H]1OC(C)=O. The molecule has 2 aromatic carbocycles. The van der Waals surface area contributed by atoms with Gasteiger partial charge in [-0.15, -0.1) is 23.2 Å². The second-order valence-electron chi connectivity index (χ2n) is 11.3. The monoisotopic (exact) mass is 741 g/mol. The van der Waals surface area contributed by atoms with E-state index in [1.807, 2.05) is 24.3 Å². The van der Waals surface area contributed by atoms with Crippen molar-refractivity contribution in [2.45, 2.75) is 70.8 Å². The van der Waals surface area contributed by atoms with Crippen LogP contribution in [-0.4, -0.2) is 98.5 Å². The highest BCUT2D eigenvalue weighted by molar-refractivity contribution is 6.18. The Bertz CT molecular complexity index is 1430. The van der Waals surface area contributed by atoms with Crippen molar-refractivity contribution in [2.24, 2.45) is 0 Å². The molecule has 1 heterocycles. The molecule has 2 amide bonds. The van der Waals surface area contributed by atoms with Crippen LogP contribution in [0.3, 0.4) is 0 Å². The highest BCUT2D eigenvalue weighted by atomic mass is 35.5. The van der Waals surface area contributed by atoms with Gasteiger partial charge in [0, 0.05) is 63.4 Å². The van der Waals surface area contributed by atoms with Crippen LogP contribution in [0.15, 0.2) is 48.5 Å². The second-order valence-corrected chi connectivity index (χ2v) is 12.0. The van der Waals surface area contributed by atoms with Crippen LogP contribution in [-0.2, 0) is 49.3 Å².